The van der Waals surface area contributed by atoms with Gasteiger partial charge in [0.05, 0.1) is 48.1 Å². The number of allylic oxidation sites excluding steroid dienone is 1. The largest absolute Gasteiger partial charge is 0.488 e. The van der Waals surface area contributed by atoms with Gasteiger partial charge >= 0.3 is 19.1 Å². The van der Waals surface area contributed by atoms with E-state index in [4.69, 9.17) is 26.8 Å². The molecule has 33 heavy (non-hydrogen) atoms. The van der Waals surface area contributed by atoms with Gasteiger partial charge in [0.25, 0.3) is 0 Å². The molecule has 1 aliphatic rings. The molecule has 0 bridgehead atoms. The summed E-state index contributed by atoms with van der Waals surface area (Å²) in [5.41, 5.74) is 6.42. The van der Waals surface area contributed by atoms with Crippen molar-refractivity contribution in [1.29, 1.82) is 5.26 Å². The first kappa shape index (κ1) is 23.9. The number of rotatable bonds is 5. The van der Waals surface area contributed by atoms with Crippen LogP contribution in [0, 0.1) is 11.3 Å². The molecule has 1 heterocycles. The Morgan fingerprint density at radius 1 is 1.12 bits per heavy atom. The molecule has 0 saturated heterocycles. The van der Waals surface area contributed by atoms with Gasteiger partial charge in [0, 0.05) is 0 Å². The van der Waals surface area contributed by atoms with Gasteiger partial charge in [-0.05, 0) is 23.2 Å². The van der Waals surface area contributed by atoms with Crippen molar-refractivity contribution >= 4 is 41.8 Å². The number of nitriles is 1. The number of nitrogens with two attached hydrogens (primary N) is 1. The second kappa shape index (κ2) is 9.79. The Hall–Kier alpha value is -3.78. The first-order valence-corrected chi connectivity index (χ1v) is 9.95. The first-order chi connectivity index (χ1) is 15.8. The molecule has 0 aliphatic carbocycles. The summed E-state index contributed by atoms with van der Waals surface area (Å²) < 4.78 is 9.89. The van der Waals surface area contributed by atoms with Crippen molar-refractivity contribution in [2.75, 3.05) is 19.1 Å². The number of ether oxygens (including phenoxy) is 2. The molecule has 1 unspecified atom stereocenters. The van der Waals surface area contributed by atoms with E-state index in [9.17, 15) is 24.9 Å². The van der Waals surface area contributed by atoms with Crippen LogP contribution < -0.4 is 16.1 Å². The second-order valence-corrected chi connectivity index (χ2v) is 7.33. The summed E-state index contributed by atoms with van der Waals surface area (Å²) >= 11 is 6.36. The van der Waals surface area contributed by atoms with E-state index in [0.29, 0.717) is 5.56 Å². The van der Waals surface area contributed by atoms with Gasteiger partial charge in [0.2, 0.25) is 0 Å². The van der Waals surface area contributed by atoms with Crippen LogP contribution in [0.4, 0.5) is 5.69 Å². The van der Waals surface area contributed by atoms with Crippen molar-refractivity contribution in [3.63, 3.8) is 0 Å². The average molecular weight is 468 g/mol. The van der Waals surface area contributed by atoms with E-state index in [1.165, 1.54) is 18.2 Å². The molecule has 9 nitrogen and oxygen atoms in total. The number of anilines is 1. The predicted molar refractivity (Wildman–Crippen MR) is 121 cm³/mol. The van der Waals surface area contributed by atoms with Gasteiger partial charge in [-0.3, -0.25) is 4.90 Å². The number of esters is 2. The van der Waals surface area contributed by atoms with Crippen molar-refractivity contribution < 1.29 is 29.1 Å². The van der Waals surface area contributed by atoms with Crippen LogP contribution in [0.15, 0.2) is 71.2 Å². The lowest BCUT2D eigenvalue weighted by molar-refractivity contribution is -0.139. The number of hydrogen-bond donors (Lipinski definition) is 3. The van der Waals surface area contributed by atoms with Crippen LogP contribution in [0.2, 0.25) is 5.02 Å². The van der Waals surface area contributed by atoms with Crippen LogP contribution in [-0.4, -0.2) is 43.3 Å². The molecular formula is C22H19BClN3O6. The zero-order valence-corrected chi connectivity index (χ0v) is 18.4. The van der Waals surface area contributed by atoms with E-state index < -0.39 is 25.0 Å². The molecule has 0 radical (unpaired) electrons. The lowest BCUT2D eigenvalue weighted by Crippen LogP contribution is -2.41. The summed E-state index contributed by atoms with van der Waals surface area (Å²) in [5, 5.41) is 29.3. The lowest BCUT2D eigenvalue weighted by Gasteiger charge is -2.36. The van der Waals surface area contributed by atoms with Crippen molar-refractivity contribution in [3.05, 3.63) is 81.8 Å². The molecule has 11 heteroatoms. The molecule has 1 atom stereocenters. The van der Waals surface area contributed by atoms with Gasteiger partial charge in [0.1, 0.15) is 11.5 Å². The molecule has 0 aromatic heterocycles. The summed E-state index contributed by atoms with van der Waals surface area (Å²) in [6, 6.07) is 14.6. The van der Waals surface area contributed by atoms with Gasteiger partial charge in [-0.1, -0.05) is 48.0 Å². The molecule has 0 fully saturated rings. The molecule has 2 aromatic carbocycles. The molecule has 1 aliphatic heterocycles. The number of halogens is 1. The quantitative estimate of drug-likeness (QED) is 0.431. The molecule has 0 amide bonds. The highest BCUT2D eigenvalue weighted by atomic mass is 35.5. The number of nitrogens with zero attached hydrogens (tertiary/aromatic N) is 2. The van der Waals surface area contributed by atoms with E-state index in [1.54, 1.807) is 30.3 Å². The topological polar surface area (TPSA) is 146 Å². The van der Waals surface area contributed by atoms with Crippen molar-refractivity contribution in [1.82, 2.24) is 0 Å². The van der Waals surface area contributed by atoms with E-state index in [0.717, 1.165) is 19.1 Å². The van der Waals surface area contributed by atoms with Crippen LogP contribution >= 0.6 is 11.6 Å². The Balaban J connectivity index is 2.45. The first-order valence-electron chi connectivity index (χ1n) is 9.57. The Labute approximate surface area is 195 Å². The third-order valence-electron chi connectivity index (χ3n) is 5.12. The summed E-state index contributed by atoms with van der Waals surface area (Å²) in [6.45, 7) is 0. The van der Waals surface area contributed by atoms with Crippen LogP contribution in [0.5, 0.6) is 0 Å². The SMILES string of the molecule is COC(=O)C1=C(C(=O)OC)N(c2cc(B(O)O)ccc2Cl)C(N)=C(C#N)C1c1ccccc1. The molecule has 3 rings (SSSR count). The van der Waals surface area contributed by atoms with E-state index in [-0.39, 0.29) is 38.8 Å². The van der Waals surface area contributed by atoms with Gasteiger partial charge in [-0.15, -0.1) is 0 Å². The van der Waals surface area contributed by atoms with E-state index in [1.807, 2.05) is 6.07 Å². The van der Waals surface area contributed by atoms with Crippen LogP contribution in [0.3, 0.4) is 0 Å². The Morgan fingerprint density at radius 2 is 1.76 bits per heavy atom. The third-order valence-corrected chi connectivity index (χ3v) is 5.44. The van der Waals surface area contributed by atoms with Gasteiger partial charge in [0.15, 0.2) is 0 Å². The van der Waals surface area contributed by atoms with Crippen molar-refractivity contribution in [3.8, 4) is 6.07 Å². The highest BCUT2D eigenvalue weighted by molar-refractivity contribution is 6.59. The zero-order chi connectivity index (χ0) is 24.3. The second-order valence-electron chi connectivity index (χ2n) is 6.92. The van der Waals surface area contributed by atoms with Gasteiger partial charge in [-0.2, -0.15) is 5.26 Å². The zero-order valence-electron chi connectivity index (χ0n) is 17.7. The number of methoxy groups -OCH3 is 2. The minimum atomic E-state index is -1.85. The Morgan fingerprint density at radius 3 is 2.30 bits per heavy atom. The lowest BCUT2D eigenvalue weighted by atomic mass is 9.79. The normalized spacial score (nSPS) is 15.8. The molecular weight excluding hydrogens is 449 g/mol. The standard InChI is InChI=1S/C22H19BClN3O6/c1-32-21(28)18-17(12-6-4-3-5-7-12)14(11-25)20(26)27(19(18)22(29)33-2)16-10-13(23(30)31)8-9-15(16)24/h3-10,17,30-31H,26H2,1-2H3. The predicted octanol–water partition coefficient (Wildman–Crippen LogP) is 0.918. The van der Waals surface area contributed by atoms with Gasteiger partial charge < -0.3 is 25.3 Å². The average Bonchev–Trinajstić information content (AvgIpc) is 2.83. The fraction of sp³-hybridized carbons (Fsp3) is 0.136. The maximum Gasteiger partial charge on any atom is 0.488 e. The molecule has 0 saturated carbocycles. The smallest absolute Gasteiger partial charge is 0.466 e. The third kappa shape index (κ3) is 4.30. The highest BCUT2D eigenvalue weighted by Crippen LogP contribution is 2.44. The number of carbonyl (C=O) groups is 2. The highest BCUT2D eigenvalue weighted by Gasteiger charge is 2.43. The van der Waals surface area contributed by atoms with Crippen LogP contribution in [0.25, 0.3) is 0 Å². The molecule has 2 aromatic rings. The number of carbonyl (C=O) groups excluding carboxylic acids is 2. The summed E-state index contributed by atoms with van der Waals surface area (Å²) in [6.07, 6.45) is 0. The fourth-order valence-electron chi connectivity index (χ4n) is 3.63. The fourth-order valence-corrected chi connectivity index (χ4v) is 3.83. The maximum absolute atomic E-state index is 13.0. The summed E-state index contributed by atoms with van der Waals surface area (Å²) in [5.74, 6) is -3.04. The Bertz CT molecular complexity index is 1210. The van der Waals surface area contributed by atoms with Crippen LogP contribution in [0.1, 0.15) is 11.5 Å². The van der Waals surface area contributed by atoms with Crippen molar-refractivity contribution in [2.45, 2.75) is 5.92 Å². The van der Waals surface area contributed by atoms with Crippen LogP contribution in [-0.2, 0) is 19.1 Å². The number of benzene rings is 2. The Kier molecular flexibility index (Phi) is 7.08. The maximum atomic E-state index is 13.0. The van der Waals surface area contributed by atoms with E-state index >= 15 is 0 Å². The number of hydrogen-bond acceptors (Lipinski definition) is 9. The van der Waals surface area contributed by atoms with E-state index in [2.05, 4.69) is 0 Å². The minimum absolute atomic E-state index is 0.0285. The van der Waals surface area contributed by atoms with Gasteiger partial charge in [-0.25, -0.2) is 9.59 Å². The molecule has 4 N–H and O–H groups in total. The molecule has 0 spiro atoms. The summed E-state index contributed by atoms with van der Waals surface area (Å²) in [4.78, 5) is 27.1. The molecule has 168 valence electrons. The van der Waals surface area contributed by atoms with Crippen molar-refractivity contribution in [2.24, 2.45) is 5.73 Å². The minimum Gasteiger partial charge on any atom is -0.466 e. The monoisotopic (exact) mass is 467 g/mol. The summed E-state index contributed by atoms with van der Waals surface area (Å²) in [7, 11) is 0.407.